The molecule has 0 atom stereocenters. The molecule has 0 fully saturated rings. The van der Waals surface area contributed by atoms with E-state index in [9.17, 15) is 8.42 Å². The van der Waals surface area contributed by atoms with Crippen LogP contribution in [0.15, 0.2) is 18.2 Å². The minimum Gasteiger partial charge on any atom is -0.384 e. The van der Waals surface area contributed by atoms with Gasteiger partial charge in [0.2, 0.25) is 0 Å². The van der Waals surface area contributed by atoms with Crippen LogP contribution in [0.5, 0.6) is 0 Å². The highest BCUT2D eigenvalue weighted by Gasteiger charge is 2.08. The molecule has 0 bridgehead atoms. The molecule has 0 heterocycles. The smallest absolute Gasteiger partial charge is 0.148 e. The minimum absolute atomic E-state index is 0.0556. The number of amidine groups is 1. The molecule has 0 radical (unpaired) electrons. The van der Waals surface area contributed by atoms with Gasteiger partial charge in [-0.2, -0.15) is 0 Å². The van der Waals surface area contributed by atoms with Gasteiger partial charge >= 0.3 is 0 Å². The molecule has 19 heavy (non-hydrogen) atoms. The van der Waals surface area contributed by atoms with Crippen molar-refractivity contribution in [1.82, 2.24) is 4.90 Å². The van der Waals surface area contributed by atoms with E-state index < -0.39 is 9.84 Å². The first kappa shape index (κ1) is 15.7. The molecule has 1 rings (SSSR count). The average molecular weight is 283 g/mol. The van der Waals surface area contributed by atoms with Crippen LogP contribution in [0.1, 0.15) is 16.7 Å². The summed E-state index contributed by atoms with van der Waals surface area (Å²) in [6.45, 7) is 3.15. The number of hydrogen-bond donors (Lipinski definition) is 2. The Kier molecular flexibility index (Phi) is 5.08. The van der Waals surface area contributed by atoms with Gasteiger partial charge in [0.15, 0.2) is 0 Å². The van der Waals surface area contributed by atoms with E-state index in [0.717, 1.165) is 11.1 Å². The Hall–Kier alpha value is -1.40. The van der Waals surface area contributed by atoms with Crippen molar-refractivity contribution in [2.45, 2.75) is 13.5 Å². The van der Waals surface area contributed by atoms with Gasteiger partial charge in [-0.3, -0.25) is 5.41 Å². The van der Waals surface area contributed by atoms with Crippen LogP contribution in [0.25, 0.3) is 0 Å². The van der Waals surface area contributed by atoms with Gasteiger partial charge in [0.1, 0.15) is 15.7 Å². The molecule has 0 aromatic heterocycles. The quantitative estimate of drug-likeness (QED) is 0.596. The van der Waals surface area contributed by atoms with E-state index in [0.29, 0.717) is 18.7 Å². The maximum Gasteiger partial charge on any atom is 0.148 e. The molecule has 1 aromatic carbocycles. The summed E-state index contributed by atoms with van der Waals surface area (Å²) in [7, 11) is -1.03. The zero-order valence-electron chi connectivity index (χ0n) is 11.6. The van der Waals surface area contributed by atoms with Gasteiger partial charge in [0.05, 0.1) is 5.75 Å². The lowest BCUT2D eigenvalue weighted by molar-refractivity contribution is 0.345. The lowest BCUT2D eigenvalue weighted by Gasteiger charge is -2.18. The maximum absolute atomic E-state index is 11.1. The van der Waals surface area contributed by atoms with Crippen molar-refractivity contribution in [3.63, 3.8) is 0 Å². The number of nitrogens with two attached hydrogens (primary N) is 1. The lowest BCUT2D eigenvalue weighted by atomic mass is 10.0. The number of benzene rings is 1. The standard InChI is InChI=1S/C13H21N3O2S/c1-10-8-11(13(14)15)4-5-12(10)9-16(2)6-7-19(3,17)18/h4-5,8H,6-7,9H2,1-3H3,(H3,14,15). The summed E-state index contributed by atoms with van der Waals surface area (Å²) in [4.78, 5) is 1.97. The summed E-state index contributed by atoms with van der Waals surface area (Å²) in [6, 6.07) is 5.63. The summed E-state index contributed by atoms with van der Waals surface area (Å²) in [6.07, 6.45) is 1.24. The number of nitrogen functional groups attached to an aromatic ring is 1. The second kappa shape index (κ2) is 6.16. The number of nitrogens with zero attached hydrogens (tertiary/aromatic N) is 1. The third-order valence-corrected chi connectivity index (χ3v) is 3.86. The Morgan fingerprint density at radius 3 is 2.53 bits per heavy atom. The number of sulfone groups is 1. The zero-order chi connectivity index (χ0) is 14.6. The Balaban J connectivity index is 2.69. The largest absolute Gasteiger partial charge is 0.384 e. The van der Waals surface area contributed by atoms with Crippen LogP contribution in [0.2, 0.25) is 0 Å². The minimum atomic E-state index is -2.93. The summed E-state index contributed by atoms with van der Waals surface area (Å²) in [5.41, 5.74) is 8.31. The monoisotopic (exact) mass is 283 g/mol. The summed E-state index contributed by atoms with van der Waals surface area (Å²) in [5, 5.41) is 7.38. The normalized spacial score (nSPS) is 11.8. The van der Waals surface area contributed by atoms with Crippen LogP contribution in [0.4, 0.5) is 0 Å². The highest BCUT2D eigenvalue weighted by Crippen LogP contribution is 2.12. The average Bonchev–Trinajstić information content (AvgIpc) is 2.28. The van der Waals surface area contributed by atoms with Crippen molar-refractivity contribution in [2.75, 3.05) is 25.6 Å². The summed E-state index contributed by atoms with van der Waals surface area (Å²) in [5.74, 6) is 0.216. The van der Waals surface area contributed by atoms with E-state index in [1.165, 1.54) is 6.26 Å². The highest BCUT2D eigenvalue weighted by atomic mass is 32.2. The SMILES string of the molecule is Cc1cc(C(=N)N)ccc1CN(C)CCS(C)(=O)=O. The topological polar surface area (TPSA) is 87.2 Å². The van der Waals surface area contributed by atoms with E-state index >= 15 is 0 Å². The van der Waals surface area contributed by atoms with Crippen LogP contribution in [0, 0.1) is 12.3 Å². The second-order valence-electron chi connectivity index (χ2n) is 4.92. The van der Waals surface area contributed by atoms with Crippen molar-refractivity contribution < 1.29 is 8.42 Å². The van der Waals surface area contributed by atoms with Crippen LogP contribution in [0.3, 0.4) is 0 Å². The first-order valence-corrected chi connectivity index (χ1v) is 8.05. The van der Waals surface area contributed by atoms with Crippen LogP contribution in [-0.2, 0) is 16.4 Å². The van der Waals surface area contributed by atoms with Crippen LogP contribution in [-0.4, -0.2) is 44.8 Å². The van der Waals surface area contributed by atoms with E-state index in [1.54, 1.807) is 0 Å². The summed E-state index contributed by atoms with van der Waals surface area (Å²) < 4.78 is 22.2. The number of aryl methyl sites for hydroxylation is 1. The van der Waals surface area contributed by atoms with E-state index in [1.807, 2.05) is 37.1 Å². The first-order chi connectivity index (χ1) is 8.69. The molecule has 0 aliphatic heterocycles. The van der Waals surface area contributed by atoms with Gasteiger partial charge in [0, 0.05) is 24.9 Å². The van der Waals surface area contributed by atoms with Crippen molar-refractivity contribution in [3.05, 3.63) is 34.9 Å². The third-order valence-electron chi connectivity index (χ3n) is 2.94. The number of hydrogen-bond acceptors (Lipinski definition) is 4. The van der Waals surface area contributed by atoms with Gasteiger partial charge in [-0.1, -0.05) is 12.1 Å². The van der Waals surface area contributed by atoms with Crippen molar-refractivity contribution in [1.29, 1.82) is 5.41 Å². The molecule has 0 aliphatic rings. The van der Waals surface area contributed by atoms with Crippen LogP contribution < -0.4 is 5.73 Å². The van der Waals surface area contributed by atoms with E-state index in [-0.39, 0.29) is 11.6 Å². The molecule has 0 spiro atoms. The highest BCUT2D eigenvalue weighted by molar-refractivity contribution is 7.90. The van der Waals surface area contributed by atoms with Gasteiger partial charge in [-0.15, -0.1) is 0 Å². The molecule has 0 amide bonds. The molecule has 0 unspecified atom stereocenters. The van der Waals surface area contributed by atoms with Gasteiger partial charge in [0.25, 0.3) is 0 Å². The van der Waals surface area contributed by atoms with Crippen molar-refractivity contribution in [2.24, 2.45) is 5.73 Å². The molecule has 0 aliphatic carbocycles. The maximum atomic E-state index is 11.1. The van der Waals surface area contributed by atoms with Crippen molar-refractivity contribution in [3.8, 4) is 0 Å². The second-order valence-corrected chi connectivity index (χ2v) is 7.18. The zero-order valence-corrected chi connectivity index (χ0v) is 12.4. The fourth-order valence-corrected chi connectivity index (χ4v) is 2.38. The molecular weight excluding hydrogens is 262 g/mol. The molecular formula is C13H21N3O2S. The Bertz CT molecular complexity index is 567. The van der Waals surface area contributed by atoms with E-state index in [2.05, 4.69) is 0 Å². The summed E-state index contributed by atoms with van der Waals surface area (Å²) >= 11 is 0. The lowest BCUT2D eigenvalue weighted by Crippen LogP contribution is -2.25. The molecule has 1 aromatic rings. The Morgan fingerprint density at radius 2 is 2.05 bits per heavy atom. The number of rotatable bonds is 6. The van der Waals surface area contributed by atoms with Gasteiger partial charge in [-0.25, -0.2) is 8.42 Å². The first-order valence-electron chi connectivity index (χ1n) is 5.99. The Morgan fingerprint density at radius 1 is 1.42 bits per heavy atom. The van der Waals surface area contributed by atoms with Gasteiger partial charge < -0.3 is 10.6 Å². The molecule has 0 saturated heterocycles. The van der Waals surface area contributed by atoms with Gasteiger partial charge in [-0.05, 0) is 31.2 Å². The molecule has 0 saturated carbocycles. The fraction of sp³-hybridized carbons (Fsp3) is 0.462. The number of nitrogens with one attached hydrogen (secondary N) is 1. The molecule has 106 valence electrons. The molecule has 5 nitrogen and oxygen atoms in total. The predicted molar refractivity (Wildman–Crippen MR) is 78.2 cm³/mol. The Labute approximate surface area is 114 Å². The third kappa shape index (κ3) is 5.40. The molecule has 6 heteroatoms. The molecule has 3 N–H and O–H groups in total. The predicted octanol–water partition coefficient (Wildman–Crippen LogP) is 0.755. The van der Waals surface area contributed by atoms with E-state index in [4.69, 9.17) is 11.1 Å². The fourth-order valence-electron chi connectivity index (χ4n) is 1.73. The van der Waals surface area contributed by atoms with Crippen molar-refractivity contribution >= 4 is 15.7 Å². The van der Waals surface area contributed by atoms with Crippen LogP contribution >= 0.6 is 0 Å².